The van der Waals surface area contributed by atoms with Gasteiger partial charge in [0.2, 0.25) is 0 Å². The molecule has 3 heteroatoms. The van der Waals surface area contributed by atoms with Crippen molar-refractivity contribution in [3.63, 3.8) is 0 Å². The molecule has 5 saturated carbocycles. The first-order valence-electron chi connectivity index (χ1n) is 11.5. The van der Waals surface area contributed by atoms with E-state index in [0.717, 1.165) is 30.7 Å². The van der Waals surface area contributed by atoms with E-state index in [2.05, 4.69) is 46.1 Å². The highest BCUT2D eigenvalue weighted by molar-refractivity contribution is 5.35. The van der Waals surface area contributed by atoms with Crippen molar-refractivity contribution in [2.75, 3.05) is 13.6 Å². The largest absolute Gasteiger partial charge is 0.324 e. The molecule has 0 aliphatic heterocycles. The molecule has 2 bridgehead atoms. The second-order valence-corrected chi connectivity index (χ2v) is 12.0. The minimum absolute atomic E-state index is 0.0325. The predicted molar refractivity (Wildman–Crippen MR) is 112 cm³/mol. The number of nitrogens with two attached hydrogens (primary N) is 2. The second kappa shape index (κ2) is 5.40. The smallest absolute Gasteiger partial charge is 0.0287 e. The molecular formula is C24H41N3. The lowest BCUT2D eigenvalue weighted by Crippen LogP contribution is -2.74. The number of hydrogen-bond donors (Lipinski definition) is 3. The van der Waals surface area contributed by atoms with Gasteiger partial charge >= 0.3 is 0 Å². The zero-order chi connectivity index (χ0) is 19.4. The van der Waals surface area contributed by atoms with Crippen molar-refractivity contribution in [1.82, 2.24) is 5.32 Å². The fourth-order valence-corrected chi connectivity index (χ4v) is 9.58. The van der Waals surface area contributed by atoms with Gasteiger partial charge in [0.15, 0.2) is 0 Å². The van der Waals surface area contributed by atoms with Crippen LogP contribution in [0.4, 0.5) is 0 Å². The van der Waals surface area contributed by atoms with E-state index in [0.29, 0.717) is 23.2 Å². The minimum Gasteiger partial charge on any atom is -0.324 e. The number of fused-ring (bicyclic) bond motifs is 3. The maximum atomic E-state index is 7.38. The lowest BCUT2D eigenvalue weighted by molar-refractivity contribution is -0.205. The van der Waals surface area contributed by atoms with Crippen LogP contribution < -0.4 is 16.8 Å². The Morgan fingerprint density at radius 1 is 1.07 bits per heavy atom. The first-order valence-corrected chi connectivity index (χ1v) is 11.5. The SMILES string of the molecule is CNCC1(C)CCC2C3=CCC4[C@@H]5[C@H](C)C(CC4(N)C3CCC21N)C5(C)C. The molecule has 0 radical (unpaired) electrons. The summed E-state index contributed by atoms with van der Waals surface area (Å²) in [7, 11) is 2.07. The van der Waals surface area contributed by atoms with Crippen molar-refractivity contribution in [2.45, 2.75) is 77.3 Å². The average molecular weight is 372 g/mol. The van der Waals surface area contributed by atoms with Crippen LogP contribution in [0.25, 0.3) is 0 Å². The summed E-state index contributed by atoms with van der Waals surface area (Å²) in [6, 6.07) is 0. The Hall–Kier alpha value is -0.380. The molecule has 6 rings (SSSR count). The van der Waals surface area contributed by atoms with E-state index in [1.165, 1.54) is 32.1 Å². The molecule has 6 aliphatic rings. The third-order valence-corrected chi connectivity index (χ3v) is 10.9. The van der Waals surface area contributed by atoms with Gasteiger partial charge in [-0.2, -0.15) is 0 Å². The van der Waals surface area contributed by atoms with Crippen LogP contribution in [-0.4, -0.2) is 24.7 Å². The van der Waals surface area contributed by atoms with Gasteiger partial charge in [0.1, 0.15) is 0 Å². The minimum atomic E-state index is -0.0499. The highest BCUT2D eigenvalue weighted by atomic mass is 14.9. The molecule has 152 valence electrons. The first-order chi connectivity index (χ1) is 12.6. The molecule has 0 aromatic heterocycles. The summed E-state index contributed by atoms with van der Waals surface area (Å²) in [6.07, 6.45) is 9.93. The molecule has 27 heavy (non-hydrogen) atoms. The van der Waals surface area contributed by atoms with Crippen molar-refractivity contribution >= 4 is 0 Å². The zero-order valence-corrected chi connectivity index (χ0v) is 18.1. The fraction of sp³-hybridized carbons (Fsp3) is 0.917. The van der Waals surface area contributed by atoms with Gasteiger partial charge in [-0.15, -0.1) is 0 Å². The lowest BCUT2D eigenvalue weighted by atomic mass is 9.34. The second-order valence-electron chi connectivity index (χ2n) is 12.0. The van der Waals surface area contributed by atoms with Crippen molar-refractivity contribution in [2.24, 2.45) is 57.8 Å². The van der Waals surface area contributed by atoms with E-state index >= 15 is 0 Å². The molecular weight excluding hydrogens is 330 g/mol. The molecule has 0 heterocycles. The van der Waals surface area contributed by atoms with Crippen LogP contribution >= 0.6 is 0 Å². The van der Waals surface area contributed by atoms with Crippen LogP contribution in [-0.2, 0) is 0 Å². The van der Waals surface area contributed by atoms with Crippen molar-refractivity contribution < 1.29 is 0 Å². The number of hydrogen-bond acceptors (Lipinski definition) is 3. The Balaban J connectivity index is 1.50. The van der Waals surface area contributed by atoms with Crippen LogP contribution in [0.1, 0.15) is 66.2 Å². The van der Waals surface area contributed by atoms with Gasteiger partial charge in [0.05, 0.1) is 0 Å². The van der Waals surface area contributed by atoms with Crippen molar-refractivity contribution in [3.05, 3.63) is 11.6 Å². The molecule has 9 atom stereocenters. The van der Waals surface area contributed by atoms with Gasteiger partial charge in [-0.05, 0) is 91.9 Å². The van der Waals surface area contributed by atoms with Crippen LogP contribution in [0, 0.1) is 46.3 Å². The molecule has 5 N–H and O–H groups in total. The Morgan fingerprint density at radius 2 is 1.78 bits per heavy atom. The number of nitrogens with one attached hydrogen (secondary N) is 1. The van der Waals surface area contributed by atoms with E-state index in [4.69, 9.17) is 11.5 Å². The lowest BCUT2D eigenvalue weighted by Gasteiger charge is -2.72. The highest BCUT2D eigenvalue weighted by Gasteiger charge is 2.70. The first kappa shape index (κ1) is 18.6. The molecule has 7 unspecified atom stereocenters. The zero-order valence-electron chi connectivity index (χ0n) is 18.1. The van der Waals surface area contributed by atoms with E-state index in [1.54, 1.807) is 5.57 Å². The molecule has 0 aromatic rings. The molecule has 0 saturated heterocycles. The summed E-state index contributed by atoms with van der Waals surface area (Å²) >= 11 is 0. The standard InChI is InChI=1S/C24H41N3/c1-14-19-12-23(25)16-9-11-24(26)17(8-10-22(24,4)13-27-5)15(16)6-7-18(23)20(14)21(19,2)3/h6,14,16-20,27H,7-13,25-26H2,1-5H3/t14-,16?,17?,18?,19?,20+,22?,23?,24?/m1/s1. The van der Waals surface area contributed by atoms with Crippen LogP contribution in [0.15, 0.2) is 11.6 Å². The monoisotopic (exact) mass is 371 g/mol. The summed E-state index contributed by atoms with van der Waals surface area (Å²) in [5, 5.41) is 3.43. The quantitative estimate of drug-likeness (QED) is 0.649. The van der Waals surface area contributed by atoms with E-state index < -0.39 is 0 Å². The summed E-state index contributed by atoms with van der Waals surface area (Å²) in [6.45, 7) is 11.0. The Bertz CT molecular complexity index is 683. The topological polar surface area (TPSA) is 64.1 Å². The summed E-state index contributed by atoms with van der Waals surface area (Å²) in [5.74, 6) is 4.30. The van der Waals surface area contributed by atoms with E-state index in [-0.39, 0.29) is 16.5 Å². The molecule has 0 amide bonds. The third-order valence-electron chi connectivity index (χ3n) is 10.9. The summed E-state index contributed by atoms with van der Waals surface area (Å²) in [4.78, 5) is 0. The average Bonchev–Trinajstić information content (AvgIpc) is 2.87. The summed E-state index contributed by atoms with van der Waals surface area (Å²) < 4.78 is 0. The maximum Gasteiger partial charge on any atom is 0.0287 e. The van der Waals surface area contributed by atoms with Gasteiger partial charge in [0, 0.05) is 17.6 Å². The van der Waals surface area contributed by atoms with Gasteiger partial charge in [0.25, 0.3) is 0 Å². The van der Waals surface area contributed by atoms with Gasteiger partial charge in [-0.1, -0.05) is 39.3 Å². The third kappa shape index (κ3) is 2.00. The molecule has 0 spiro atoms. The predicted octanol–water partition coefficient (Wildman–Crippen LogP) is 3.69. The van der Waals surface area contributed by atoms with Crippen molar-refractivity contribution in [1.29, 1.82) is 0 Å². The Kier molecular flexibility index (Phi) is 3.73. The molecule has 0 aromatic carbocycles. The number of allylic oxidation sites excluding steroid dienone is 1. The molecule has 3 nitrogen and oxygen atoms in total. The van der Waals surface area contributed by atoms with Gasteiger partial charge < -0.3 is 16.8 Å². The fourth-order valence-electron chi connectivity index (χ4n) is 9.58. The van der Waals surface area contributed by atoms with Crippen molar-refractivity contribution in [3.8, 4) is 0 Å². The molecule has 5 fully saturated rings. The number of rotatable bonds is 2. The van der Waals surface area contributed by atoms with E-state index in [9.17, 15) is 0 Å². The Morgan fingerprint density at radius 3 is 2.44 bits per heavy atom. The van der Waals surface area contributed by atoms with Crippen LogP contribution in [0.2, 0.25) is 0 Å². The van der Waals surface area contributed by atoms with E-state index in [1.807, 2.05) is 0 Å². The molecule has 6 aliphatic carbocycles. The highest BCUT2D eigenvalue weighted by Crippen LogP contribution is 2.71. The summed E-state index contributed by atoms with van der Waals surface area (Å²) in [5.41, 5.74) is 17.0. The van der Waals surface area contributed by atoms with Gasteiger partial charge in [-0.25, -0.2) is 0 Å². The normalized spacial score (nSPS) is 57.8. The Labute approximate surface area is 166 Å². The maximum absolute atomic E-state index is 7.38. The van der Waals surface area contributed by atoms with Crippen LogP contribution in [0.3, 0.4) is 0 Å². The van der Waals surface area contributed by atoms with Gasteiger partial charge in [-0.3, -0.25) is 0 Å². The van der Waals surface area contributed by atoms with Crippen LogP contribution in [0.5, 0.6) is 0 Å².